The van der Waals surface area contributed by atoms with Crippen molar-refractivity contribution in [1.29, 1.82) is 0 Å². The van der Waals surface area contributed by atoms with Gasteiger partial charge in [-0.1, -0.05) is 0 Å². The van der Waals surface area contributed by atoms with Gasteiger partial charge in [0.05, 0.1) is 26.2 Å². The zero-order valence-electron chi connectivity index (χ0n) is 16.5. The maximum atomic E-state index is 13.1. The van der Waals surface area contributed by atoms with E-state index in [1.165, 1.54) is 17.0 Å². The van der Waals surface area contributed by atoms with Gasteiger partial charge in [-0.2, -0.15) is 0 Å². The summed E-state index contributed by atoms with van der Waals surface area (Å²) in [5.74, 6) is -0.172. The number of nitrogens with zero attached hydrogens (tertiary/aromatic N) is 2. The van der Waals surface area contributed by atoms with E-state index in [0.717, 1.165) is 43.1 Å². The van der Waals surface area contributed by atoms with Crippen molar-refractivity contribution in [2.24, 2.45) is 0 Å². The average Bonchev–Trinajstić information content (AvgIpc) is 2.70. The van der Waals surface area contributed by atoms with E-state index in [2.05, 4.69) is 4.90 Å². The number of Topliss-reactive ketones (excluding diaryl/α,β-unsaturated/α-hetero) is 1. The van der Waals surface area contributed by atoms with Crippen LogP contribution in [0.1, 0.15) is 24.2 Å². The summed E-state index contributed by atoms with van der Waals surface area (Å²) in [7, 11) is 0. The van der Waals surface area contributed by atoms with E-state index in [0.29, 0.717) is 13.1 Å². The number of rotatable bonds is 6. The Bertz CT molecular complexity index is 813. The molecule has 1 aliphatic rings. The number of amides is 1. The maximum absolute atomic E-state index is 13.1. The lowest BCUT2D eigenvalue weighted by atomic mass is 10.1. The maximum Gasteiger partial charge on any atom is 0.282 e. The van der Waals surface area contributed by atoms with Gasteiger partial charge in [0.25, 0.3) is 5.91 Å². The molecule has 1 heterocycles. The van der Waals surface area contributed by atoms with Crippen LogP contribution in [0.3, 0.4) is 0 Å². The fourth-order valence-corrected chi connectivity index (χ4v) is 3.60. The average molecular weight is 384 g/mol. The molecule has 1 saturated heterocycles. The van der Waals surface area contributed by atoms with Gasteiger partial charge < -0.3 is 14.7 Å². The topological polar surface area (TPSA) is 45.1 Å². The van der Waals surface area contributed by atoms with Crippen LogP contribution in [0, 0.1) is 5.82 Å². The monoisotopic (exact) mass is 384 g/mol. The van der Waals surface area contributed by atoms with E-state index in [1.54, 1.807) is 24.0 Å². The summed E-state index contributed by atoms with van der Waals surface area (Å²) in [6, 6.07) is 13.8. The Hall–Kier alpha value is -2.73. The summed E-state index contributed by atoms with van der Waals surface area (Å²) in [6.07, 6.45) is 0. The molecule has 0 saturated carbocycles. The Balaban J connectivity index is 1.55. The third kappa shape index (κ3) is 4.75. The zero-order valence-corrected chi connectivity index (χ0v) is 16.5. The molecular formula is C22H27FN3O2+. The number of nitrogens with one attached hydrogen (secondary N) is 1. The van der Waals surface area contributed by atoms with Crippen LogP contribution >= 0.6 is 0 Å². The van der Waals surface area contributed by atoms with Gasteiger partial charge in [-0.3, -0.25) is 9.59 Å². The van der Waals surface area contributed by atoms with Gasteiger partial charge in [-0.15, -0.1) is 0 Å². The molecule has 0 aliphatic carbocycles. The lowest BCUT2D eigenvalue weighted by Crippen LogP contribution is -3.16. The molecule has 2 aromatic carbocycles. The molecule has 0 unspecified atom stereocenters. The van der Waals surface area contributed by atoms with Gasteiger partial charge in [0.15, 0.2) is 12.3 Å². The molecule has 5 nitrogen and oxygen atoms in total. The van der Waals surface area contributed by atoms with E-state index >= 15 is 0 Å². The van der Waals surface area contributed by atoms with Crippen molar-refractivity contribution >= 4 is 23.1 Å². The Morgan fingerprint density at radius 3 is 2.18 bits per heavy atom. The number of piperazine rings is 1. The van der Waals surface area contributed by atoms with Crippen molar-refractivity contribution in [1.82, 2.24) is 0 Å². The Labute approximate surface area is 165 Å². The second kappa shape index (κ2) is 8.97. The van der Waals surface area contributed by atoms with Crippen LogP contribution in [-0.2, 0) is 4.79 Å². The highest BCUT2D eigenvalue weighted by Gasteiger charge is 2.25. The lowest BCUT2D eigenvalue weighted by Gasteiger charge is -2.34. The molecule has 0 aromatic heterocycles. The lowest BCUT2D eigenvalue weighted by molar-refractivity contribution is -0.892. The smallest absolute Gasteiger partial charge is 0.282 e. The fourth-order valence-electron chi connectivity index (χ4n) is 3.60. The molecule has 0 spiro atoms. The van der Waals surface area contributed by atoms with E-state index in [9.17, 15) is 14.0 Å². The van der Waals surface area contributed by atoms with Crippen molar-refractivity contribution < 1.29 is 18.9 Å². The predicted molar refractivity (Wildman–Crippen MR) is 109 cm³/mol. The van der Waals surface area contributed by atoms with Crippen LogP contribution in [-0.4, -0.2) is 51.0 Å². The molecule has 0 bridgehead atoms. The standard InChI is InChI=1S/C22H26FN3O2/c1-3-26(21-10-6-19(23)7-11-21)22(28)16-24-12-14-25(15-13-24)20-8-4-18(5-9-20)17(2)27/h4-11H,3,12-16H2,1-2H3/p+1. The second-order valence-corrected chi connectivity index (χ2v) is 7.13. The molecule has 1 amide bonds. The van der Waals surface area contributed by atoms with E-state index in [-0.39, 0.29) is 17.5 Å². The number of likely N-dealkylation sites (N-methyl/N-ethyl adjacent to an activating group) is 1. The van der Waals surface area contributed by atoms with Crippen LogP contribution < -0.4 is 14.7 Å². The number of ketones is 1. The highest BCUT2D eigenvalue weighted by atomic mass is 19.1. The highest BCUT2D eigenvalue weighted by molar-refractivity contribution is 5.94. The van der Waals surface area contributed by atoms with Crippen LogP contribution in [0.5, 0.6) is 0 Å². The number of benzene rings is 2. The van der Waals surface area contributed by atoms with Crippen molar-refractivity contribution in [3.05, 3.63) is 59.9 Å². The Morgan fingerprint density at radius 2 is 1.64 bits per heavy atom. The summed E-state index contributed by atoms with van der Waals surface area (Å²) in [5, 5.41) is 0. The summed E-state index contributed by atoms with van der Waals surface area (Å²) in [6.45, 7) is 7.98. The molecule has 6 heteroatoms. The highest BCUT2D eigenvalue weighted by Crippen LogP contribution is 2.16. The van der Waals surface area contributed by atoms with Crippen LogP contribution in [0.15, 0.2) is 48.5 Å². The first-order chi connectivity index (χ1) is 13.5. The Morgan fingerprint density at radius 1 is 1.04 bits per heavy atom. The molecule has 1 fully saturated rings. The van der Waals surface area contributed by atoms with Gasteiger partial charge in [0.1, 0.15) is 5.82 Å². The first-order valence-electron chi connectivity index (χ1n) is 9.73. The van der Waals surface area contributed by atoms with Gasteiger partial charge in [-0.25, -0.2) is 4.39 Å². The number of quaternary nitrogens is 1. The summed E-state index contributed by atoms with van der Waals surface area (Å²) in [4.78, 5) is 29.4. The second-order valence-electron chi connectivity index (χ2n) is 7.13. The fraction of sp³-hybridized carbons (Fsp3) is 0.364. The molecule has 0 radical (unpaired) electrons. The minimum Gasteiger partial charge on any atom is -0.360 e. The van der Waals surface area contributed by atoms with Crippen molar-refractivity contribution in [3.63, 3.8) is 0 Å². The molecule has 1 N–H and O–H groups in total. The van der Waals surface area contributed by atoms with Crippen molar-refractivity contribution in [3.8, 4) is 0 Å². The SMILES string of the molecule is CCN(C(=O)C[NH+]1CCN(c2ccc(C(C)=O)cc2)CC1)c1ccc(F)cc1. The molecule has 1 aliphatic heterocycles. The summed E-state index contributed by atoms with van der Waals surface area (Å²) >= 11 is 0. The third-order valence-corrected chi connectivity index (χ3v) is 5.27. The predicted octanol–water partition coefficient (Wildman–Crippen LogP) is 1.79. The quantitative estimate of drug-likeness (QED) is 0.773. The minimum atomic E-state index is -0.301. The number of carbonyl (C=O) groups is 2. The number of hydrogen-bond donors (Lipinski definition) is 1. The summed E-state index contributed by atoms with van der Waals surface area (Å²) < 4.78 is 13.1. The van der Waals surface area contributed by atoms with Crippen LogP contribution in [0.25, 0.3) is 0 Å². The third-order valence-electron chi connectivity index (χ3n) is 5.27. The van der Waals surface area contributed by atoms with Gasteiger partial charge in [0, 0.05) is 23.5 Å². The van der Waals surface area contributed by atoms with Crippen molar-refractivity contribution in [2.75, 3.05) is 49.1 Å². The zero-order chi connectivity index (χ0) is 20.1. The Kier molecular flexibility index (Phi) is 6.41. The van der Waals surface area contributed by atoms with Crippen LogP contribution in [0.4, 0.5) is 15.8 Å². The van der Waals surface area contributed by atoms with Crippen LogP contribution in [0.2, 0.25) is 0 Å². The van der Waals surface area contributed by atoms with E-state index in [4.69, 9.17) is 0 Å². The summed E-state index contributed by atoms with van der Waals surface area (Å²) in [5.41, 5.74) is 2.56. The van der Waals surface area contributed by atoms with E-state index < -0.39 is 0 Å². The number of hydrogen-bond acceptors (Lipinski definition) is 3. The normalized spacial score (nSPS) is 14.8. The molecule has 28 heavy (non-hydrogen) atoms. The molecule has 3 rings (SSSR count). The first kappa shape index (κ1) is 20.0. The number of anilines is 2. The van der Waals surface area contributed by atoms with Gasteiger partial charge in [0.2, 0.25) is 0 Å². The van der Waals surface area contributed by atoms with Crippen molar-refractivity contribution in [2.45, 2.75) is 13.8 Å². The first-order valence-corrected chi connectivity index (χ1v) is 9.73. The molecule has 2 aromatic rings. The molecular weight excluding hydrogens is 357 g/mol. The van der Waals surface area contributed by atoms with Gasteiger partial charge in [-0.05, 0) is 62.4 Å². The number of halogens is 1. The van der Waals surface area contributed by atoms with E-state index in [1.807, 2.05) is 31.2 Å². The largest absolute Gasteiger partial charge is 0.360 e. The molecule has 148 valence electrons. The minimum absolute atomic E-state index is 0.0587. The van der Waals surface area contributed by atoms with Gasteiger partial charge >= 0.3 is 0 Å². The molecule has 0 atom stereocenters. The number of carbonyl (C=O) groups excluding carboxylic acids is 2.